The van der Waals surface area contributed by atoms with Crippen molar-refractivity contribution in [2.45, 2.75) is 0 Å². The van der Waals surface area contributed by atoms with Crippen LogP contribution in [0.3, 0.4) is 0 Å². The molecule has 0 heterocycles. The van der Waals surface area contributed by atoms with Crippen molar-refractivity contribution in [2.75, 3.05) is 7.11 Å². The van der Waals surface area contributed by atoms with E-state index >= 15 is 0 Å². The van der Waals surface area contributed by atoms with E-state index in [4.69, 9.17) is 16.3 Å². The first-order valence-electron chi connectivity index (χ1n) is 3.56. The summed E-state index contributed by atoms with van der Waals surface area (Å²) in [5.41, 5.74) is 6.28. The molecule has 0 aliphatic heterocycles. The van der Waals surface area contributed by atoms with Crippen LogP contribution in [0.5, 0.6) is 5.75 Å². The highest BCUT2D eigenvalue weighted by Gasteiger charge is 2.03. The largest absolute Gasteiger partial charge is 0.496 e. The van der Waals surface area contributed by atoms with E-state index in [1.54, 1.807) is 25.3 Å². The van der Waals surface area contributed by atoms with E-state index in [2.05, 4.69) is 21.0 Å². The zero-order chi connectivity index (χ0) is 9.84. The van der Waals surface area contributed by atoms with Crippen molar-refractivity contribution in [1.29, 1.82) is 0 Å². The molecule has 0 unspecified atom stereocenters. The number of hydrazone groups is 1. The summed E-state index contributed by atoms with van der Waals surface area (Å²) in [6.07, 6.45) is 0. The molecule has 13 heavy (non-hydrogen) atoms. The quantitative estimate of drug-likeness (QED) is 0.353. The van der Waals surface area contributed by atoms with Gasteiger partial charge in [0.05, 0.1) is 11.6 Å². The molecule has 0 saturated carbocycles. The molecule has 0 radical (unpaired) electrons. The van der Waals surface area contributed by atoms with Crippen LogP contribution in [0.25, 0.3) is 0 Å². The van der Waals surface area contributed by atoms with Crippen molar-refractivity contribution < 1.29 is 4.74 Å². The summed E-state index contributed by atoms with van der Waals surface area (Å²) in [5, 5.41) is 3.39. The predicted octanol–water partition coefficient (Wildman–Crippen LogP) is 1.04. The zero-order valence-corrected chi connectivity index (χ0v) is 8.71. The Bertz CT molecular complexity index is 338. The molecule has 0 saturated heterocycles. The van der Waals surface area contributed by atoms with Crippen molar-refractivity contribution in [3.05, 3.63) is 28.2 Å². The fourth-order valence-corrected chi connectivity index (χ4v) is 1.44. The van der Waals surface area contributed by atoms with E-state index < -0.39 is 0 Å². The lowest BCUT2D eigenvalue weighted by Gasteiger charge is -2.04. The van der Waals surface area contributed by atoms with Gasteiger partial charge < -0.3 is 16.3 Å². The Labute approximate surface area is 84.7 Å². The van der Waals surface area contributed by atoms with Crippen LogP contribution in [0.2, 0.25) is 0 Å². The second-order valence-electron chi connectivity index (χ2n) is 2.36. The number of benzene rings is 1. The number of hydrogen-bond donors (Lipinski definition) is 2. The van der Waals surface area contributed by atoms with Gasteiger partial charge in [-0.2, -0.15) is 5.10 Å². The Balaban J connectivity index is 3.10. The van der Waals surface area contributed by atoms with E-state index in [9.17, 15) is 0 Å². The minimum atomic E-state index is 0.295. The van der Waals surface area contributed by atoms with Crippen LogP contribution in [0.4, 0.5) is 0 Å². The fraction of sp³-hybridized carbons (Fsp3) is 0.125. The Morgan fingerprint density at radius 2 is 2.23 bits per heavy atom. The monoisotopic (exact) mass is 243 g/mol. The summed E-state index contributed by atoms with van der Waals surface area (Å²) in [4.78, 5) is 0. The molecule has 0 aliphatic carbocycles. The van der Waals surface area contributed by atoms with Crippen LogP contribution in [0.1, 0.15) is 5.56 Å². The van der Waals surface area contributed by atoms with Crippen molar-refractivity contribution in [3.63, 3.8) is 0 Å². The van der Waals surface area contributed by atoms with Crippen molar-refractivity contribution >= 4 is 21.8 Å². The maximum Gasteiger partial charge on any atom is 0.150 e. The highest BCUT2D eigenvalue weighted by molar-refractivity contribution is 9.10. The molecule has 70 valence electrons. The van der Waals surface area contributed by atoms with E-state index in [1.165, 1.54) is 0 Å². The Kier molecular flexibility index (Phi) is 3.13. The van der Waals surface area contributed by atoms with Crippen LogP contribution in [-0.2, 0) is 0 Å². The number of rotatable bonds is 2. The average molecular weight is 244 g/mol. The molecule has 1 aromatic rings. The minimum Gasteiger partial charge on any atom is -0.496 e. The van der Waals surface area contributed by atoms with E-state index in [-0.39, 0.29) is 0 Å². The van der Waals surface area contributed by atoms with Gasteiger partial charge in [0.1, 0.15) is 11.6 Å². The highest BCUT2D eigenvalue weighted by atomic mass is 79.9. The second kappa shape index (κ2) is 4.13. The summed E-state index contributed by atoms with van der Waals surface area (Å²) in [7, 11) is 1.60. The molecule has 0 spiro atoms. The van der Waals surface area contributed by atoms with Crippen LogP contribution in [-0.4, -0.2) is 12.9 Å². The normalized spacial score (nSPS) is 11.4. The Morgan fingerprint density at radius 1 is 1.54 bits per heavy atom. The average Bonchev–Trinajstić information content (AvgIpc) is 2.16. The van der Waals surface area contributed by atoms with Crippen molar-refractivity contribution in [2.24, 2.45) is 16.7 Å². The van der Waals surface area contributed by atoms with E-state index in [0.717, 1.165) is 15.8 Å². The first-order chi connectivity index (χ1) is 6.19. The number of ether oxygens (including phenoxy) is 1. The lowest BCUT2D eigenvalue weighted by atomic mass is 10.2. The summed E-state index contributed by atoms with van der Waals surface area (Å²) in [6.45, 7) is 0. The minimum absolute atomic E-state index is 0.295. The van der Waals surface area contributed by atoms with Crippen LogP contribution >= 0.6 is 15.9 Å². The first-order valence-corrected chi connectivity index (χ1v) is 4.35. The maximum atomic E-state index is 5.52. The van der Waals surface area contributed by atoms with Crippen LogP contribution in [0.15, 0.2) is 27.8 Å². The van der Waals surface area contributed by atoms with Gasteiger partial charge in [-0.3, -0.25) is 0 Å². The molecule has 0 atom stereocenters. The fourth-order valence-electron chi connectivity index (χ4n) is 0.900. The molecular weight excluding hydrogens is 234 g/mol. The molecular formula is C8H10BrN3O. The molecule has 0 aromatic heterocycles. The molecule has 1 rings (SSSR count). The van der Waals surface area contributed by atoms with Gasteiger partial charge in [0.25, 0.3) is 0 Å². The third-order valence-corrected chi connectivity index (χ3v) is 2.21. The molecule has 5 heteroatoms. The molecule has 1 aromatic carbocycles. The van der Waals surface area contributed by atoms with E-state index in [1.807, 2.05) is 0 Å². The summed E-state index contributed by atoms with van der Waals surface area (Å²) >= 11 is 3.33. The molecule has 0 bridgehead atoms. The van der Waals surface area contributed by atoms with Crippen molar-refractivity contribution in [3.8, 4) is 5.75 Å². The van der Waals surface area contributed by atoms with Gasteiger partial charge in [0.2, 0.25) is 0 Å². The third-order valence-electron chi connectivity index (χ3n) is 1.59. The summed E-state index contributed by atoms with van der Waals surface area (Å²) < 4.78 is 5.87. The van der Waals surface area contributed by atoms with Crippen LogP contribution in [0, 0.1) is 0 Å². The molecule has 0 aliphatic rings. The predicted molar refractivity (Wildman–Crippen MR) is 55.6 cm³/mol. The van der Waals surface area contributed by atoms with Gasteiger partial charge >= 0.3 is 0 Å². The standard InChI is InChI=1S/C8H10BrN3O/c1-13-7-3-2-5(4-6(7)9)8(10)12-11/h2-4H,11H2,1H3,(H2,10,12). The number of nitrogens with zero attached hydrogens (tertiary/aromatic N) is 1. The molecule has 0 amide bonds. The Morgan fingerprint density at radius 3 is 2.69 bits per heavy atom. The lowest BCUT2D eigenvalue weighted by molar-refractivity contribution is 0.412. The number of halogens is 1. The lowest BCUT2D eigenvalue weighted by Crippen LogP contribution is -2.15. The topological polar surface area (TPSA) is 73.6 Å². The summed E-state index contributed by atoms with van der Waals surface area (Å²) in [5.74, 6) is 6.08. The SMILES string of the molecule is COc1ccc(C(N)=NN)cc1Br. The van der Waals surface area contributed by atoms with E-state index in [0.29, 0.717) is 5.84 Å². The van der Waals surface area contributed by atoms with Crippen LogP contribution < -0.4 is 16.3 Å². The van der Waals surface area contributed by atoms with Gasteiger partial charge in [-0.25, -0.2) is 0 Å². The third kappa shape index (κ3) is 2.12. The number of methoxy groups -OCH3 is 1. The highest BCUT2D eigenvalue weighted by Crippen LogP contribution is 2.25. The van der Waals surface area contributed by atoms with Gasteiger partial charge in [0, 0.05) is 5.56 Å². The number of amidine groups is 1. The first kappa shape index (κ1) is 9.85. The maximum absolute atomic E-state index is 5.52. The molecule has 4 N–H and O–H groups in total. The summed E-state index contributed by atoms with van der Waals surface area (Å²) in [6, 6.07) is 5.37. The zero-order valence-electron chi connectivity index (χ0n) is 7.12. The molecule has 4 nitrogen and oxygen atoms in total. The van der Waals surface area contributed by atoms with Gasteiger partial charge in [-0.1, -0.05) is 0 Å². The number of hydrogen-bond acceptors (Lipinski definition) is 3. The smallest absolute Gasteiger partial charge is 0.150 e. The molecule has 0 fully saturated rings. The van der Waals surface area contributed by atoms with Gasteiger partial charge in [-0.15, -0.1) is 0 Å². The second-order valence-corrected chi connectivity index (χ2v) is 3.22. The number of nitrogens with two attached hydrogens (primary N) is 2. The van der Waals surface area contributed by atoms with Crippen molar-refractivity contribution in [1.82, 2.24) is 0 Å². The van der Waals surface area contributed by atoms with Gasteiger partial charge in [-0.05, 0) is 34.1 Å². The Hall–Kier alpha value is -1.23. The van der Waals surface area contributed by atoms with Gasteiger partial charge in [0.15, 0.2) is 0 Å².